The number of hydrogen-bond acceptors (Lipinski definition) is 3. The molecule has 0 saturated carbocycles. The Morgan fingerprint density at radius 1 is 2.00 bits per heavy atom. The lowest BCUT2D eigenvalue weighted by Crippen LogP contribution is -2.17. The van der Waals surface area contributed by atoms with Crippen molar-refractivity contribution in [3.05, 3.63) is 4.91 Å². The third kappa shape index (κ3) is 3.56. The maximum atomic E-state index is 9.29. The number of hydrogen-bond donors (Lipinski definition) is 1. The summed E-state index contributed by atoms with van der Waals surface area (Å²) >= 11 is 0. The molecule has 3 heteroatoms. The van der Waals surface area contributed by atoms with Crippen LogP contribution in [0.5, 0.6) is 0 Å². The van der Waals surface area contributed by atoms with Crippen molar-refractivity contribution in [3.63, 3.8) is 0 Å². The Bertz CT molecular complexity index is 44.1. The van der Waals surface area contributed by atoms with Gasteiger partial charge >= 0.3 is 0 Å². The van der Waals surface area contributed by atoms with Gasteiger partial charge in [0.05, 0.1) is 6.54 Å². The topological polar surface area (TPSA) is 55.4 Å². The van der Waals surface area contributed by atoms with E-state index in [-0.39, 0.29) is 12.6 Å². The van der Waals surface area contributed by atoms with E-state index >= 15 is 0 Å². The second-order valence-corrected chi connectivity index (χ2v) is 1.29. The summed E-state index contributed by atoms with van der Waals surface area (Å²) in [6, 6.07) is -0.0810. The van der Waals surface area contributed by atoms with Crippen LogP contribution in [0.4, 0.5) is 0 Å². The van der Waals surface area contributed by atoms with Gasteiger partial charge in [-0.3, -0.25) is 0 Å². The maximum Gasteiger partial charge on any atom is 0.0959 e. The summed E-state index contributed by atoms with van der Waals surface area (Å²) in [5.41, 5.74) is 5.11. The van der Waals surface area contributed by atoms with Gasteiger partial charge < -0.3 is 5.73 Å². The Morgan fingerprint density at radius 2 is 2.50 bits per heavy atom. The number of nitrogens with two attached hydrogens (primary N) is 1. The lowest BCUT2D eigenvalue weighted by Gasteiger charge is -1.90. The zero-order chi connectivity index (χ0) is 4.99. The highest BCUT2D eigenvalue weighted by Gasteiger charge is 1.86. The highest BCUT2D eigenvalue weighted by atomic mass is 16.3. The molecule has 0 heterocycles. The molecule has 0 fully saturated rings. The van der Waals surface area contributed by atoms with Gasteiger partial charge in [-0.25, -0.2) is 0 Å². The number of nitrogens with zero attached hydrogens (tertiary/aromatic N) is 1. The van der Waals surface area contributed by atoms with Crippen molar-refractivity contribution in [2.45, 2.75) is 13.0 Å². The van der Waals surface area contributed by atoms with Gasteiger partial charge in [0.2, 0.25) is 0 Å². The van der Waals surface area contributed by atoms with Crippen molar-refractivity contribution in [2.75, 3.05) is 6.54 Å². The van der Waals surface area contributed by atoms with Gasteiger partial charge in [0.25, 0.3) is 0 Å². The normalized spacial score (nSPS) is 13.7. The van der Waals surface area contributed by atoms with Crippen molar-refractivity contribution in [1.29, 1.82) is 0 Å². The van der Waals surface area contributed by atoms with Crippen LogP contribution in [0.3, 0.4) is 0 Å². The van der Waals surface area contributed by atoms with Gasteiger partial charge in [-0.15, -0.1) is 0 Å². The minimum atomic E-state index is -0.0810. The predicted octanol–water partition coefficient (Wildman–Crippen LogP) is 0.100. The third-order valence-electron chi connectivity index (χ3n) is 0.363. The lowest BCUT2D eigenvalue weighted by molar-refractivity contribution is 0.750. The molecule has 0 aliphatic heterocycles. The van der Waals surface area contributed by atoms with Gasteiger partial charge in [-0.05, 0) is 6.92 Å². The summed E-state index contributed by atoms with van der Waals surface area (Å²) in [5, 5.41) is 2.56. The Morgan fingerprint density at radius 3 is 2.50 bits per heavy atom. The average Bonchev–Trinajstić information content (AvgIpc) is 1.35. The second kappa shape index (κ2) is 2.78. The highest BCUT2D eigenvalue weighted by molar-refractivity contribution is 4.53. The fourth-order valence-corrected chi connectivity index (χ4v) is 0.118. The highest BCUT2D eigenvalue weighted by Crippen LogP contribution is 1.71. The van der Waals surface area contributed by atoms with E-state index in [1.165, 1.54) is 0 Å². The summed E-state index contributed by atoms with van der Waals surface area (Å²) in [6.07, 6.45) is 0. The van der Waals surface area contributed by atoms with Gasteiger partial charge in [-0.2, -0.15) is 4.91 Å². The molecule has 1 unspecified atom stereocenters. The van der Waals surface area contributed by atoms with E-state index in [0.717, 1.165) is 0 Å². The zero-order valence-corrected chi connectivity index (χ0v) is 3.72. The van der Waals surface area contributed by atoms with Crippen LogP contribution in [-0.2, 0) is 0 Å². The largest absolute Gasteiger partial charge is 0.326 e. The van der Waals surface area contributed by atoms with E-state index < -0.39 is 0 Å². The van der Waals surface area contributed by atoms with Crippen LogP contribution in [0, 0.1) is 4.91 Å². The molecule has 0 bridgehead atoms. The van der Waals surface area contributed by atoms with E-state index in [9.17, 15) is 4.91 Å². The van der Waals surface area contributed by atoms with Crippen LogP contribution in [0.25, 0.3) is 0 Å². The van der Waals surface area contributed by atoms with Gasteiger partial charge in [-0.1, -0.05) is 5.18 Å². The molecule has 36 valence electrons. The van der Waals surface area contributed by atoms with Crippen LogP contribution in [0.15, 0.2) is 5.18 Å². The summed E-state index contributed by atoms with van der Waals surface area (Å²) < 4.78 is 0. The molecule has 0 aliphatic carbocycles. The van der Waals surface area contributed by atoms with Crippen molar-refractivity contribution < 1.29 is 0 Å². The minimum absolute atomic E-state index is 0.0810. The molecule has 0 amide bonds. The molecule has 0 aromatic rings. The van der Waals surface area contributed by atoms with E-state index in [0.29, 0.717) is 0 Å². The molecule has 0 spiro atoms. The fourth-order valence-electron chi connectivity index (χ4n) is 0.118. The molecular weight excluding hydrogens is 80.0 g/mol. The molecule has 3 nitrogen and oxygen atoms in total. The quantitative estimate of drug-likeness (QED) is 0.487. The van der Waals surface area contributed by atoms with E-state index in [4.69, 9.17) is 5.73 Å². The first-order valence-electron chi connectivity index (χ1n) is 1.82. The van der Waals surface area contributed by atoms with Crippen molar-refractivity contribution in [2.24, 2.45) is 10.9 Å². The van der Waals surface area contributed by atoms with Gasteiger partial charge in [0.1, 0.15) is 0 Å². The molecule has 0 radical (unpaired) electrons. The average molecular weight is 88.1 g/mol. The van der Waals surface area contributed by atoms with E-state index in [2.05, 4.69) is 5.18 Å². The first kappa shape index (κ1) is 5.56. The SMILES string of the molecule is CC(N)CN=O. The van der Waals surface area contributed by atoms with Gasteiger partial charge in [0, 0.05) is 6.04 Å². The zero-order valence-electron chi connectivity index (χ0n) is 3.72. The van der Waals surface area contributed by atoms with Crippen LogP contribution in [0.1, 0.15) is 6.92 Å². The maximum absolute atomic E-state index is 9.29. The fraction of sp³-hybridized carbons (Fsp3) is 1.00. The van der Waals surface area contributed by atoms with Crippen molar-refractivity contribution in [1.82, 2.24) is 0 Å². The number of nitroso groups, excluding NO2 is 1. The summed E-state index contributed by atoms with van der Waals surface area (Å²) in [7, 11) is 0. The monoisotopic (exact) mass is 88.1 g/mol. The summed E-state index contributed by atoms with van der Waals surface area (Å²) in [4.78, 5) is 9.29. The molecule has 1 atom stereocenters. The lowest BCUT2D eigenvalue weighted by atomic mass is 10.4. The van der Waals surface area contributed by atoms with E-state index in [1.54, 1.807) is 6.92 Å². The number of rotatable bonds is 2. The van der Waals surface area contributed by atoms with Crippen LogP contribution in [0.2, 0.25) is 0 Å². The molecule has 2 N–H and O–H groups in total. The summed E-state index contributed by atoms with van der Waals surface area (Å²) in [6.45, 7) is 1.96. The molecular formula is C3H8N2O. The Kier molecular flexibility index (Phi) is 2.58. The molecule has 0 rings (SSSR count). The standard InChI is InChI=1S/C3H8N2O/c1-3(4)2-5-6/h3H,2,4H2,1H3. The first-order chi connectivity index (χ1) is 2.77. The van der Waals surface area contributed by atoms with E-state index in [1.807, 2.05) is 0 Å². The Labute approximate surface area is 36.5 Å². The Balaban J connectivity index is 2.81. The smallest absolute Gasteiger partial charge is 0.0959 e. The van der Waals surface area contributed by atoms with Crippen molar-refractivity contribution in [3.8, 4) is 0 Å². The second-order valence-electron chi connectivity index (χ2n) is 1.29. The minimum Gasteiger partial charge on any atom is -0.326 e. The van der Waals surface area contributed by atoms with Crippen LogP contribution < -0.4 is 5.73 Å². The molecule has 0 saturated heterocycles. The summed E-state index contributed by atoms with van der Waals surface area (Å²) in [5.74, 6) is 0. The predicted molar refractivity (Wildman–Crippen MR) is 24.3 cm³/mol. The third-order valence-corrected chi connectivity index (χ3v) is 0.363. The van der Waals surface area contributed by atoms with Crippen molar-refractivity contribution >= 4 is 0 Å². The van der Waals surface area contributed by atoms with Crippen LogP contribution >= 0.6 is 0 Å². The van der Waals surface area contributed by atoms with Gasteiger partial charge in [0.15, 0.2) is 0 Å². The molecule has 0 aromatic carbocycles. The van der Waals surface area contributed by atoms with Crippen LogP contribution in [-0.4, -0.2) is 12.6 Å². The molecule has 0 aliphatic rings. The first-order valence-corrected chi connectivity index (χ1v) is 1.82. The Hall–Kier alpha value is -0.440. The molecule has 6 heavy (non-hydrogen) atoms. The molecule has 0 aromatic heterocycles.